The second-order valence-corrected chi connectivity index (χ2v) is 9.39. The molecule has 0 aliphatic carbocycles. The molecule has 0 unspecified atom stereocenters. The van der Waals surface area contributed by atoms with Gasteiger partial charge in [-0.3, -0.25) is 0 Å². The van der Waals surface area contributed by atoms with E-state index in [4.69, 9.17) is 0 Å². The maximum Gasteiger partial charge on any atom is 0.0870 e. The molecule has 12 heavy (non-hydrogen) atoms. The Morgan fingerprint density at radius 3 is 2.08 bits per heavy atom. The Morgan fingerprint density at radius 2 is 1.75 bits per heavy atom. The lowest BCUT2D eigenvalue weighted by Crippen LogP contribution is -2.44. The largest absolute Gasteiger partial charge is 0.153 e. The van der Waals surface area contributed by atoms with Crippen LogP contribution in [-0.4, -0.2) is 8.07 Å². The molecule has 1 aromatic heterocycles. The Morgan fingerprint density at radius 1 is 1.17 bits per heavy atom. The second-order valence-electron chi connectivity index (χ2n) is 3.35. The zero-order chi connectivity index (χ0) is 9.03. The predicted octanol–water partition coefficient (Wildman–Crippen LogP) is 3.46. The summed E-state index contributed by atoms with van der Waals surface area (Å²) in [6, 6.07) is 6.54. The van der Waals surface area contributed by atoms with Gasteiger partial charge < -0.3 is 0 Å². The van der Waals surface area contributed by atoms with Crippen molar-refractivity contribution in [2.24, 2.45) is 0 Å². The van der Waals surface area contributed by atoms with Crippen molar-refractivity contribution in [2.45, 2.75) is 38.9 Å². The van der Waals surface area contributed by atoms with Gasteiger partial charge in [-0.2, -0.15) is 11.3 Å². The van der Waals surface area contributed by atoms with Gasteiger partial charge in [0.1, 0.15) is 0 Å². The molecule has 0 aliphatic rings. The monoisotopic (exact) mass is 198 g/mol. The molecule has 1 aromatic rings. The molecule has 2 heteroatoms. The van der Waals surface area contributed by atoms with Gasteiger partial charge in [0.25, 0.3) is 0 Å². The van der Waals surface area contributed by atoms with E-state index in [2.05, 4.69) is 37.6 Å². The predicted molar refractivity (Wildman–Crippen MR) is 61.2 cm³/mol. The Hall–Kier alpha value is -0.0831. The minimum absolute atomic E-state index is 1.03. The second kappa shape index (κ2) is 4.24. The van der Waals surface area contributed by atoms with E-state index < -0.39 is 8.07 Å². The van der Waals surface area contributed by atoms with Crippen molar-refractivity contribution in [3.8, 4) is 0 Å². The fraction of sp³-hybridized carbons (Fsp3) is 0.600. The van der Waals surface area contributed by atoms with Gasteiger partial charge in [0.05, 0.1) is 8.07 Å². The third-order valence-corrected chi connectivity index (χ3v) is 9.65. The van der Waals surface area contributed by atoms with Crippen LogP contribution in [0.4, 0.5) is 0 Å². The van der Waals surface area contributed by atoms with Crippen LogP contribution in [0.1, 0.15) is 20.8 Å². The molecular weight excluding hydrogens is 180 g/mol. The molecule has 0 atom stereocenters. The summed E-state index contributed by atoms with van der Waals surface area (Å²) in [5.74, 6) is 0. The first-order chi connectivity index (χ1) is 5.79. The van der Waals surface area contributed by atoms with Gasteiger partial charge in [0, 0.05) is 0 Å². The van der Waals surface area contributed by atoms with E-state index in [9.17, 15) is 0 Å². The fourth-order valence-electron chi connectivity index (χ4n) is 1.93. The van der Waals surface area contributed by atoms with Crippen molar-refractivity contribution in [2.75, 3.05) is 0 Å². The normalized spacial score (nSPS) is 11.9. The highest BCUT2D eigenvalue weighted by Crippen LogP contribution is 2.20. The summed E-state index contributed by atoms with van der Waals surface area (Å²) in [7, 11) is -1.03. The molecule has 0 spiro atoms. The van der Waals surface area contributed by atoms with Gasteiger partial charge in [0.15, 0.2) is 0 Å². The molecule has 0 nitrogen and oxygen atoms in total. The Bertz CT molecular complexity index is 203. The van der Waals surface area contributed by atoms with Crippen molar-refractivity contribution >= 4 is 24.6 Å². The van der Waals surface area contributed by atoms with E-state index in [-0.39, 0.29) is 0 Å². The van der Waals surface area contributed by atoms with Gasteiger partial charge in [-0.25, -0.2) is 0 Å². The molecular formula is C10H18SSi. The molecule has 0 aromatic carbocycles. The van der Waals surface area contributed by atoms with Gasteiger partial charge >= 0.3 is 0 Å². The van der Waals surface area contributed by atoms with Crippen molar-refractivity contribution in [1.29, 1.82) is 0 Å². The van der Waals surface area contributed by atoms with Crippen LogP contribution in [0.15, 0.2) is 16.8 Å². The third kappa shape index (κ3) is 1.64. The van der Waals surface area contributed by atoms with Crippen molar-refractivity contribution in [1.82, 2.24) is 0 Å². The van der Waals surface area contributed by atoms with Crippen LogP contribution in [0.5, 0.6) is 0 Å². The molecule has 0 amide bonds. The first-order valence-corrected chi connectivity index (χ1v) is 8.38. The molecule has 68 valence electrons. The minimum atomic E-state index is -1.03. The van der Waals surface area contributed by atoms with Crippen molar-refractivity contribution in [3.05, 3.63) is 16.8 Å². The van der Waals surface area contributed by atoms with E-state index in [1.54, 1.807) is 5.19 Å². The first kappa shape index (κ1) is 10.0. The van der Waals surface area contributed by atoms with Crippen LogP contribution in [0.25, 0.3) is 0 Å². The van der Waals surface area contributed by atoms with E-state index in [0.29, 0.717) is 0 Å². The van der Waals surface area contributed by atoms with Crippen molar-refractivity contribution in [3.63, 3.8) is 0 Å². The zero-order valence-electron chi connectivity index (χ0n) is 8.26. The maximum absolute atomic E-state index is 2.36. The molecule has 0 radical (unpaired) electrons. The quantitative estimate of drug-likeness (QED) is 0.650. The summed E-state index contributed by atoms with van der Waals surface area (Å²) in [4.78, 5) is 0. The smallest absolute Gasteiger partial charge is 0.0870 e. The lowest BCUT2D eigenvalue weighted by molar-refractivity contribution is 1.20. The zero-order valence-corrected chi connectivity index (χ0v) is 10.1. The highest BCUT2D eigenvalue weighted by atomic mass is 32.1. The fourth-order valence-corrected chi connectivity index (χ4v) is 6.94. The summed E-state index contributed by atoms with van der Waals surface area (Å²) in [5, 5.41) is 6.26. The topological polar surface area (TPSA) is 0 Å². The molecule has 0 saturated carbocycles. The standard InChI is InChI=1S/C10H18SSi/c1-4-12(5-2,6-3)10-7-8-11-9-10/h7-9H,4-6H2,1-3H3. The Balaban J connectivity index is 2.93. The van der Waals surface area contributed by atoms with Crippen LogP contribution < -0.4 is 5.19 Å². The van der Waals surface area contributed by atoms with Gasteiger partial charge in [-0.1, -0.05) is 45.0 Å². The Kier molecular flexibility index (Phi) is 3.53. The Labute approximate surface area is 80.6 Å². The lowest BCUT2D eigenvalue weighted by atomic mass is 10.7. The lowest BCUT2D eigenvalue weighted by Gasteiger charge is -2.26. The van der Waals surface area contributed by atoms with E-state index in [0.717, 1.165) is 0 Å². The maximum atomic E-state index is 2.36. The van der Waals surface area contributed by atoms with E-state index in [1.807, 2.05) is 11.3 Å². The van der Waals surface area contributed by atoms with Crippen LogP contribution in [-0.2, 0) is 0 Å². The molecule has 0 fully saturated rings. The molecule has 1 heterocycles. The summed E-state index contributed by atoms with van der Waals surface area (Å²) < 4.78 is 0. The summed E-state index contributed by atoms with van der Waals surface area (Å²) >= 11 is 1.85. The highest BCUT2D eigenvalue weighted by Gasteiger charge is 2.28. The van der Waals surface area contributed by atoms with Crippen LogP contribution >= 0.6 is 11.3 Å². The molecule has 0 bridgehead atoms. The average Bonchev–Trinajstić information content (AvgIpc) is 2.62. The summed E-state index contributed by atoms with van der Waals surface area (Å²) in [6.07, 6.45) is 0. The molecule has 0 N–H and O–H groups in total. The van der Waals surface area contributed by atoms with Crippen molar-refractivity contribution < 1.29 is 0 Å². The van der Waals surface area contributed by atoms with Crippen LogP contribution in [0.2, 0.25) is 18.1 Å². The average molecular weight is 198 g/mol. The first-order valence-electron chi connectivity index (χ1n) is 4.81. The van der Waals surface area contributed by atoms with E-state index >= 15 is 0 Å². The SMILES string of the molecule is CC[Si](CC)(CC)c1ccsc1. The van der Waals surface area contributed by atoms with Crippen LogP contribution in [0.3, 0.4) is 0 Å². The van der Waals surface area contributed by atoms with Gasteiger partial charge in [-0.15, -0.1) is 0 Å². The van der Waals surface area contributed by atoms with Gasteiger partial charge in [0.2, 0.25) is 0 Å². The minimum Gasteiger partial charge on any atom is -0.153 e. The molecule has 1 rings (SSSR count). The summed E-state index contributed by atoms with van der Waals surface area (Å²) in [6.45, 7) is 7.07. The van der Waals surface area contributed by atoms with Gasteiger partial charge in [-0.05, 0) is 15.9 Å². The number of rotatable bonds is 4. The molecule has 0 saturated heterocycles. The van der Waals surface area contributed by atoms with E-state index in [1.165, 1.54) is 18.1 Å². The highest BCUT2D eigenvalue weighted by molar-refractivity contribution is 7.10. The molecule has 0 aliphatic heterocycles. The third-order valence-electron chi connectivity index (χ3n) is 3.16. The summed E-state index contributed by atoms with van der Waals surface area (Å²) in [5.41, 5.74) is 0. The number of hydrogen-bond acceptors (Lipinski definition) is 1. The number of thiophene rings is 1. The number of hydrogen-bond donors (Lipinski definition) is 0. The van der Waals surface area contributed by atoms with Crippen LogP contribution in [0, 0.1) is 0 Å².